The zero-order chi connectivity index (χ0) is 23.3. The molecule has 1 atom stereocenters. The topological polar surface area (TPSA) is 84.9 Å². The Hall–Kier alpha value is -2.58. The summed E-state index contributed by atoms with van der Waals surface area (Å²) in [5.74, 6) is 0.948. The van der Waals surface area contributed by atoms with E-state index < -0.39 is 10.0 Å². The van der Waals surface area contributed by atoms with Crippen LogP contribution in [0.3, 0.4) is 0 Å². The number of carbonyl (C=O) groups is 1. The molecule has 174 valence electrons. The largest absolute Gasteiger partial charge is 0.497 e. The van der Waals surface area contributed by atoms with Gasteiger partial charge < -0.3 is 14.8 Å². The Bertz CT molecular complexity index is 1060. The SMILES string of the molecule is COc1ccc(OC)c(C(C)NC(=O)c2cc(S(=O)(=O)N3CCCCCC3)ccc2C)c1. The van der Waals surface area contributed by atoms with Crippen LogP contribution >= 0.6 is 0 Å². The summed E-state index contributed by atoms with van der Waals surface area (Å²) in [4.78, 5) is 13.3. The number of sulfonamides is 1. The monoisotopic (exact) mass is 460 g/mol. The maximum atomic E-state index is 13.2. The molecule has 8 heteroatoms. The van der Waals surface area contributed by atoms with Crippen molar-refractivity contribution in [3.8, 4) is 11.5 Å². The van der Waals surface area contributed by atoms with Gasteiger partial charge in [0.15, 0.2) is 0 Å². The molecule has 1 N–H and O–H groups in total. The molecule has 1 amide bonds. The highest BCUT2D eigenvalue weighted by molar-refractivity contribution is 7.89. The van der Waals surface area contributed by atoms with Gasteiger partial charge in [0, 0.05) is 24.2 Å². The first kappa shape index (κ1) is 24.1. The number of hydrogen-bond acceptors (Lipinski definition) is 5. The molecule has 1 fully saturated rings. The highest BCUT2D eigenvalue weighted by Gasteiger charge is 2.27. The van der Waals surface area contributed by atoms with Crippen LogP contribution in [0.1, 0.15) is 60.1 Å². The molecule has 1 saturated heterocycles. The fourth-order valence-electron chi connectivity index (χ4n) is 3.97. The third-order valence-electron chi connectivity index (χ3n) is 5.91. The van der Waals surface area contributed by atoms with E-state index in [0.29, 0.717) is 35.7 Å². The molecule has 1 aliphatic rings. The van der Waals surface area contributed by atoms with Gasteiger partial charge in [0.1, 0.15) is 11.5 Å². The highest BCUT2D eigenvalue weighted by Crippen LogP contribution is 2.30. The molecule has 1 unspecified atom stereocenters. The molecule has 0 aliphatic carbocycles. The zero-order valence-corrected chi connectivity index (χ0v) is 20.0. The van der Waals surface area contributed by atoms with Crippen molar-refractivity contribution in [3.05, 3.63) is 53.1 Å². The van der Waals surface area contributed by atoms with Crippen LogP contribution in [-0.2, 0) is 10.0 Å². The van der Waals surface area contributed by atoms with Crippen molar-refractivity contribution in [2.75, 3.05) is 27.3 Å². The summed E-state index contributed by atoms with van der Waals surface area (Å²) in [6.07, 6.45) is 3.80. The van der Waals surface area contributed by atoms with E-state index in [0.717, 1.165) is 31.2 Å². The number of benzene rings is 2. The number of rotatable bonds is 7. The quantitative estimate of drug-likeness (QED) is 0.673. The van der Waals surface area contributed by atoms with Crippen molar-refractivity contribution in [1.82, 2.24) is 9.62 Å². The molecule has 1 aliphatic heterocycles. The van der Waals surface area contributed by atoms with Gasteiger partial charge in [-0.05, 0) is 62.6 Å². The number of nitrogens with zero attached hydrogens (tertiary/aromatic N) is 1. The number of ether oxygens (including phenoxy) is 2. The lowest BCUT2D eigenvalue weighted by Crippen LogP contribution is -2.32. The van der Waals surface area contributed by atoms with E-state index in [-0.39, 0.29) is 16.8 Å². The molecule has 3 rings (SSSR count). The Morgan fingerprint density at radius 3 is 2.31 bits per heavy atom. The minimum Gasteiger partial charge on any atom is -0.497 e. The maximum absolute atomic E-state index is 13.2. The number of carbonyl (C=O) groups excluding carboxylic acids is 1. The van der Waals surface area contributed by atoms with Gasteiger partial charge in [0.05, 0.1) is 25.2 Å². The minimum atomic E-state index is -3.64. The Morgan fingerprint density at radius 2 is 1.69 bits per heavy atom. The van der Waals surface area contributed by atoms with Gasteiger partial charge in [-0.3, -0.25) is 4.79 Å². The highest BCUT2D eigenvalue weighted by atomic mass is 32.2. The minimum absolute atomic E-state index is 0.154. The molecule has 2 aromatic carbocycles. The van der Waals surface area contributed by atoms with Crippen LogP contribution < -0.4 is 14.8 Å². The third kappa shape index (κ3) is 5.24. The molecular weight excluding hydrogens is 428 g/mol. The smallest absolute Gasteiger partial charge is 0.252 e. The van der Waals surface area contributed by atoms with Gasteiger partial charge in [-0.25, -0.2) is 8.42 Å². The van der Waals surface area contributed by atoms with Crippen LogP contribution in [-0.4, -0.2) is 45.9 Å². The van der Waals surface area contributed by atoms with E-state index in [4.69, 9.17) is 9.47 Å². The standard InChI is InChI=1S/C24H32N2O5S/c1-17-9-11-20(32(28,29)26-13-7-5-6-8-14-26)16-21(17)24(27)25-18(2)22-15-19(30-3)10-12-23(22)31-4/h9-12,15-16,18H,5-8,13-14H2,1-4H3,(H,25,27). The first-order chi connectivity index (χ1) is 15.3. The lowest BCUT2D eigenvalue weighted by Gasteiger charge is -2.21. The summed E-state index contributed by atoms with van der Waals surface area (Å²) in [7, 11) is -0.493. The van der Waals surface area contributed by atoms with Crippen molar-refractivity contribution in [2.24, 2.45) is 0 Å². The summed E-state index contributed by atoms with van der Waals surface area (Å²) in [5, 5.41) is 2.96. The van der Waals surface area contributed by atoms with E-state index in [1.54, 1.807) is 45.4 Å². The molecule has 1 heterocycles. The molecular formula is C24H32N2O5S. The number of aryl methyl sites for hydroxylation is 1. The van der Waals surface area contributed by atoms with E-state index >= 15 is 0 Å². The normalized spacial score (nSPS) is 16.1. The number of hydrogen-bond donors (Lipinski definition) is 1. The Morgan fingerprint density at radius 1 is 1.00 bits per heavy atom. The summed E-state index contributed by atoms with van der Waals surface area (Å²) >= 11 is 0. The summed E-state index contributed by atoms with van der Waals surface area (Å²) < 4.78 is 38.6. The number of amides is 1. The van der Waals surface area contributed by atoms with Gasteiger partial charge in [-0.15, -0.1) is 0 Å². The molecule has 0 bridgehead atoms. The predicted molar refractivity (Wildman–Crippen MR) is 124 cm³/mol. The van der Waals surface area contributed by atoms with Gasteiger partial charge in [0.25, 0.3) is 5.91 Å². The van der Waals surface area contributed by atoms with Gasteiger partial charge in [-0.2, -0.15) is 4.31 Å². The molecule has 0 spiro atoms. The van der Waals surface area contributed by atoms with Crippen LogP contribution in [0.15, 0.2) is 41.3 Å². The van der Waals surface area contributed by atoms with Crippen LogP contribution in [0.4, 0.5) is 0 Å². The average molecular weight is 461 g/mol. The first-order valence-corrected chi connectivity index (χ1v) is 12.4. The molecule has 32 heavy (non-hydrogen) atoms. The van der Waals surface area contributed by atoms with Crippen molar-refractivity contribution < 1.29 is 22.7 Å². The lowest BCUT2D eigenvalue weighted by atomic mass is 10.0. The van der Waals surface area contributed by atoms with Crippen LogP contribution in [0, 0.1) is 6.92 Å². The Balaban J connectivity index is 1.86. The van der Waals surface area contributed by atoms with Crippen molar-refractivity contribution in [3.63, 3.8) is 0 Å². The lowest BCUT2D eigenvalue weighted by molar-refractivity contribution is 0.0938. The second-order valence-corrected chi connectivity index (χ2v) is 10.0. The van der Waals surface area contributed by atoms with Crippen LogP contribution in [0.25, 0.3) is 0 Å². The summed E-state index contributed by atoms with van der Waals surface area (Å²) in [5.41, 5.74) is 1.82. The van der Waals surface area contributed by atoms with Crippen molar-refractivity contribution in [2.45, 2.75) is 50.5 Å². The van der Waals surface area contributed by atoms with E-state index in [1.807, 2.05) is 13.0 Å². The fourth-order valence-corrected chi connectivity index (χ4v) is 5.51. The van der Waals surface area contributed by atoms with Gasteiger partial charge in [0.2, 0.25) is 10.0 Å². The Labute approximate surface area is 190 Å². The predicted octanol–water partition coefficient (Wildman–Crippen LogP) is 4.07. The van der Waals surface area contributed by atoms with Gasteiger partial charge >= 0.3 is 0 Å². The van der Waals surface area contributed by atoms with Crippen LogP contribution in [0.2, 0.25) is 0 Å². The third-order valence-corrected chi connectivity index (χ3v) is 7.80. The number of methoxy groups -OCH3 is 2. The molecule has 0 aromatic heterocycles. The van der Waals surface area contributed by atoms with Crippen molar-refractivity contribution >= 4 is 15.9 Å². The maximum Gasteiger partial charge on any atom is 0.252 e. The van der Waals surface area contributed by atoms with Crippen LogP contribution in [0.5, 0.6) is 11.5 Å². The number of nitrogens with one attached hydrogen (secondary N) is 1. The van der Waals surface area contributed by atoms with Crippen molar-refractivity contribution in [1.29, 1.82) is 0 Å². The first-order valence-electron chi connectivity index (χ1n) is 10.9. The molecule has 0 saturated carbocycles. The molecule has 0 radical (unpaired) electrons. The molecule has 2 aromatic rings. The zero-order valence-electron chi connectivity index (χ0n) is 19.2. The average Bonchev–Trinajstić information content (AvgIpc) is 3.09. The Kier molecular flexibility index (Phi) is 7.79. The molecule has 7 nitrogen and oxygen atoms in total. The fraction of sp³-hybridized carbons (Fsp3) is 0.458. The summed E-state index contributed by atoms with van der Waals surface area (Å²) in [6.45, 7) is 4.69. The van der Waals surface area contributed by atoms with Gasteiger partial charge in [-0.1, -0.05) is 18.9 Å². The van der Waals surface area contributed by atoms with E-state index in [1.165, 1.54) is 10.4 Å². The second kappa shape index (κ2) is 10.4. The summed E-state index contributed by atoms with van der Waals surface area (Å²) in [6, 6.07) is 9.78. The second-order valence-electron chi connectivity index (χ2n) is 8.10. The van der Waals surface area contributed by atoms with E-state index in [2.05, 4.69) is 5.32 Å². The van der Waals surface area contributed by atoms with E-state index in [9.17, 15) is 13.2 Å².